The van der Waals surface area contributed by atoms with Gasteiger partial charge in [-0.15, -0.1) is 0 Å². The number of hydrogen-bond donors (Lipinski definition) is 0. The lowest BCUT2D eigenvalue weighted by Gasteiger charge is -2.38. The van der Waals surface area contributed by atoms with Crippen LogP contribution in [-0.4, -0.2) is 36.2 Å². The van der Waals surface area contributed by atoms with Crippen LogP contribution in [0.5, 0.6) is 0 Å². The van der Waals surface area contributed by atoms with Crippen LogP contribution in [-0.2, 0) is 23.9 Å². The molecule has 6 heteroatoms. The second-order valence-electron chi connectivity index (χ2n) is 10.3. The molecule has 0 saturated heterocycles. The summed E-state index contributed by atoms with van der Waals surface area (Å²) >= 11 is 0. The van der Waals surface area contributed by atoms with Gasteiger partial charge in [-0.1, -0.05) is 58.4 Å². The van der Waals surface area contributed by atoms with E-state index in [-0.39, 0.29) is 41.9 Å². The van der Waals surface area contributed by atoms with Gasteiger partial charge in [0.1, 0.15) is 11.9 Å². The molecule has 0 N–H and O–H groups in total. The van der Waals surface area contributed by atoms with Crippen molar-refractivity contribution >= 4 is 23.5 Å². The first-order valence-corrected chi connectivity index (χ1v) is 12.2. The van der Waals surface area contributed by atoms with Gasteiger partial charge in [-0.3, -0.25) is 14.4 Å². The normalized spacial score (nSPS) is 29.7. The van der Waals surface area contributed by atoms with E-state index in [2.05, 4.69) is 6.92 Å². The van der Waals surface area contributed by atoms with Gasteiger partial charge >= 0.3 is 11.9 Å². The van der Waals surface area contributed by atoms with Crippen molar-refractivity contribution in [2.75, 3.05) is 6.61 Å². The highest BCUT2D eigenvalue weighted by molar-refractivity contribution is 6.01. The van der Waals surface area contributed by atoms with E-state index in [1.807, 2.05) is 33.8 Å². The molecule has 1 fully saturated rings. The zero-order valence-corrected chi connectivity index (χ0v) is 21.0. The molecular formula is C28H36O6. The monoisotopic (exact) mass is 468 g/mol. The third kappa shape index (κ3) is 4.86. The summed E-state index contributed by atoms with van der Waals surface area (Å²) in [6.07, 6.45) is 2.07. The first-order chi connectivity index (χ1) is 16.0. The maximum atomic E-state index is 13.2. The van der Waals surface area contributed by atoms with Crippen molar-refractivity contribution in [2.24, 2.45) is 35.0 Å². The van der Waals surface area contributed by atoms with E-state index in [1.54, 1.807) is 30.3 Å². The Labute approximate surface area is 202 Å². The maximum Gasteiger partial charge on any atom is 0.338 e. The molecule has 0 bridgehead atoms. The van der Waals surface area contributed by atoms with Gasteiger partial charge in [0, 0.05) is 36.5 Å². The van der Waals surface area contributed by atoms with Gasteiger partial charge in [-0.25, -0.2) is 4.79 Å². The Bertz CT molecular complexity index is 980. The minimum Gasteiger partial charge on any atom is -0.466 e. The fourth-order valence-electron chi connectivity index (χ4n) is 5.83. The Hall–Kier alpha value is -2.76. The van der Waals surface area contributed by atoms with Gasteiger partial charge in [0.15, 0.2) is 5.78 Å². The molecule has 0 spiro atoms. The van der Waals surface area contributed by atoms with Gasteiger partial charge in [0.05, 0.1) is 12.2 Å². The largest absolute Gasteiger partial charge is 0.466 e. The molecule has 3 rings (SSSR count). The Morgan fingerprint density at radius 2 is 1.74 bits per heavy atom. The molecule has 2 aliphatic rings. The third-order valence-electron chi connectivity index (χ3n) is 7.93. The van der Waals surface area contributed by atoms with Gasteiger partial charge in [-0.05, 0) is 36.5 Å². The SMILES string of the molecule is CC(=O)OC[C@H](C)CCC(=O)[C@@H](C)[C@H]1C(=O)C=C2C(C)C(C)[C@@H](OC(=O)c3ccccc3)[C@@]21C. The molecule has 0 aliphatic heterocycles. The van der Waals surface area contributed by atoms with Crippen molar-refractivity contribution in [3.63, 3.8) is 0 Å². The first-order valence-electron chi connectivity index (χ1n) is 12.2. The van der Waals surface area contributed by atoms with E-state index >= 15 is 0 Å². The van der Waals surface area contributed by atoms with Crippen LogP contribution in [0.25, 0.3) is 0 Å². The number of hydrogen-bond acceptors (Lipinski definition) is 6. The summed E-state index contributed by atoms with van der Waals surface area (Å²) < 4.78 is 11.1. The van der Waals surface area contributed by atoms with Gasteiger partial charge in [-0.2, -0.15) is 0 Å². The van der Waals surface area contributed by atoms with Crippen LogP contribution in [0.3, 0.4) is 0 Å². The van der Waals surface area contributed by atoms with E-state index in [0.717, 1.165) is 5.57 Å². The number of benzene rings is 1. The van der Waals surface area contributed by atoms with Crippen molar-refractivity contribution in [1.82, 2.24) is 0 Å². The number of carbonyl (C=O) groups excluding carboxylic acids is 4. The molecule has 1 aromatic carbocycles. The highest BCUT2D eigenvalue weighted by Crippen LogP contribution is 2.60. The number of carbonyl (C=O) groups is 4. The molecule has 2 unspecified atom stereocenters. The number of rotatable bonds is 9. The first kappa shape index (κ1) is 25.9. The standard InChI is InChI=1S/C28H36O6/c1-16(15-33-20(5)29)12-13-23(30)19(4)25-24(31)14-22-17(2)18(3)26(28(22,25)6)34-27(32)21-10-8-7-9-11-21/h7-11,14,16-19,25-26H,12-13,15H2,1-6H3/t16-,17?,18?,19-,25+,26-,28+/m1/s1. The molecule has 34 heavy (non-hydrogen) atoms. The maximum absolute atomic E-state index is 13.2. The van der Waals surface area contributed by atoms with Crippen molar-refractivity contribution in [1.29, 1.82) is 0 Å². The Kier molecular flexibility index (Phi) is 7.79. The molecule has 2 aliphatic carbocycles. The smallest absolute Gasteiger partial charge is 0.338 e. The van der Waals surface area contributed by atoms with Crippen LogP contribution in [0, 0.1) is 35.0 Å². The third-order valence-corrected chi connectivity index (χ3v) is 7.93. The Morgan fingerprint density at radius 3 is 2.35 bits per heavy atom. The number of fused-ring (bicyclic) bond motifs is 1. The van der Waals surface area contributed by atoms with Crippen molar-refractivity contribution in [3.8, 4) is 0 Å². The molecule has 0 radical (unpaired) electrons. The summed E-state index contributed by atoms with van der Waals surface area (Å²) in [4.78, 5) is 50.3. The van der Waals surface area contributed by atoms with Crippen molar-refractivity contribution < 1.29 is 28.7 Å². The topological polar surface area (TPSA) is 86.7 Å². The Morgan fingerprint density at radius 1 is 1.09 bits per heavy atom. The van der Waals surface area contributed by atoms with Crippen molar-refractivity contribution in [3.05, 3.63) is 47.5 Å². The summed E-state index contributed by atoms with van der Waals surface area (Å²) in [6, 6.07) is 8.84. The predicted octanol–water partition coefficient (Wildman–Crippen LogP) is 4.81. The fourth-order valence-corrected chi connectivity index (χ4v) is 5.83. The van der Waals surface area contributed by atoms with Crippen LogP contribution in [0.15, 0.2) is 42.0 Å². The molecular weight excluding hydrogens is 432 g/mol. The van der Waals surface area contributed by atoms with Crippen LogP contribution in [0.2, 0.25) is 0 Å². The summed E-state index contributed by atoms with van der Waals surface area (Å²) in [5.41, 5.74) is 0.720. The fraction of sp³-hybridized carbons (Fsp3) is 0.571. The second-order valence-corrected chi connectivity index (χ2v) is 10.3. The molecule has 0 heterocycles. The lowest BCUT2D eigenvalue weighted by Crippen LogP contribution is -2.45. The summed E-state index contributed by atoms with van der Waals surface area (Å²) in [5.74, 6) is -1.75. The average Bonchev–Trinajstić information content (AvgIpc) is 3.17. The number of ketones is 2. The molecule has 184 valence electrons. The van der Waals surface area contributed by atoms with Gasteiger partial charge in [0.25, 0.3) is 0 Å². The molecule has 6 nitrogen and oxygen atoms in total. The number of esters is 2. The lowest BCUT2D eigenvalue weighted by molar-refractivity contribution is -0.142. The number of Topliss-reactive ketones (excluding diaryl/α,β-unsaturated/α-hetero) is 1. The predicted molar refractivity (Wildman–Crippen MR) is 128 cm³/mol. The lowest BCUT2D eigenvalue weighted by atomic mass is 9.67. The summed E-state index contributed by atoms with van der Waals surface area (Å²) in [5, 5.41) is 0. The number of allylic oxidation sites excluding steroid dienone is 1. The minimum atomic E-state index is -0.723. The van der Waals surface area contributed by atoms with Crippen LogP contribution in [0.1, 0.15) is 64.7 Å². The minimum absolute atomic E-state index is 0.00393. The molecule has 1 saturated carbocycles. The molecule has 1 aromatic rings. The van der Waals surface area contributed by atoms with E-state index in [9.17, 15) is 19.2 Å². The molecule has 0 aromatic heterocycles. The summed E-state index contributed by atoms with van der Waals surface area (Å²) in [7, 11) is 0. The average molecular weight is 469 g/mol. The van der Waals surface area contributed by atoms with E-state index in [0.29, 0.717) is 18.4 Å². The van der Waals surface area contributed by atoms with E-state index in [1.165, 1.54) is 6.92 Å². The van der Waals surface area contributed by atoms with Crippen molar-refractivity contribution in [2.45, 2.75) is 60.5 Å². The molecule has 7 atom stereocenters. The van der Waals surface area contributed by atoms with Crippen LogP contribution in [0.4, 0.5) is 0 Å². The van der Waals surface area contributed by atoms with Crippen LogP contribution >= 0.6 is 0 Å². The zero-order chi connectivity index (χ0) is 25.2. The second kappa shape index (κ2) is 10.2. The molecule has 0 amide bonds. The van der Waals surface area contributed by atoms with E-state index in [4.69, 9.17) is 9.47 Å². The van der Waals surface area contributed by atoms with Gasteiger partial charge < -0.3 is 9.47 Å². The highest BCUT2D eigenvalue weighted by atomic mass is 16.5. The summed E-state index contributed by atoms with van der Waals surface area (Å²) in [6.45, 7) is 11.5. The Balaban J connectivity index is 1.78. The van der Waals surface area contributed by atoms with Crippen LogP contribution < -0.4 is 0 Å². The zero-order valence-electron chi connectivity index (χ0n) is 21.0. The number of ether oxygens (including phenoxy) is 2. The van der Waals surface area contributed by atoms with Gasteiger partial charge in [0.2, 0.25) is 0 Å². The highest BCUT2D eigenvalue weighted by Gasteiger charge is 2.63. The quantitative estimate of drug-likeness (QED) is 0.483. The van der Waals surface area contributed by atoms with E-state index < -0.39 is 29.3 Å².